The van der Waals surface area contributed by atoms with Crippen LogP contribution >= 0.6 is 0 Å². The van der Waals surface area contributed by atoms with Crippen LogP contribution in [0.5, 0.6) is 5.75 Å². The van der Waals surface area contributed by atoms with Gasteiger partial charge in [-0.25, -0.2) is 0 Å². The summed E-state index contributed by atoms with van der Waals surface area (Å²) in [5.41, 5.74) is 4.96. The fourth-order valence-corrected chi connectivity index (χ4v) is 4.71. The average molecular weight is 413 g/mol. The van der Waals surface area contributed by atoms with Crippen molar-refractivity contribution in [1.29, 1.82) is 0 Å². The molecule has 2 unspecified atom stereocenters. The zero-order valence-electron chi connectivity index (χ0n) is 17.6. The number of hydrogen-bond acceptors (Lipinski definition) is 5. The van der Waals surface area contributed by atoms with Crippen molar-refractivity contribution >= 4 is 0 Å². The van der Waals surface area contributed by atoms with Gasteiger partial charge in [0.05, 0.1) is 32.0 Å². The number of fused-ring (bicyclic) bond motifs is 1. The van der Waals surface area contributed by atoms with Crippen LogP contribution in [0.2, 0.25) is 0 Å². The van der Waals surface area contributed by atoms with Crippen molar-refractivity contribution in [3.05, 3.63) is 64.2 Å². The highest BCUT2D eigenvalue weighted by atomic mass is 16.5. The number of rotatable bonds is 6. The van der Waals surface area contributed by atoms with Crippen LogP contribution in [-0.4, -0.2) is 46.8 Å². The van der Waals surface area contributed by atoms with E-state index in [1.807, 2.05) is 6.07 Å². The lowest BCUT2D eigenvalue weighted by molar-refractivity contribution is -0.198. The van der Waals surface area contributed by atoms with E-state index in [2.05, 4.69) is 37.3 Å². The van der Waals surface area contributed by atoms with Gasteiger partial charge in [0.15, 0.2) is 0 Å². The Labute approximate surface area is 178 Å². The van der Waals surface area contributed by atoms with Crippen molar-refractivity contribution < 1.29 is 24.8 Å². The van der Waals surface area contributed by atoms with Crippen LogP contribution in [-0.2, 0) is 24.0 Å². The van der Waals surface area contributed by atoms with Crippen LogP contribution in [0.4, 0.5) is 0 Å². The largest absolute Gasteiger partial charge is 0.493 e. The van der Waals surface area contributed by atoms with E-state index < -0.39 is 11.7 Å². The van der Waals surface area contributed by atoms with E-state index in [-0.39, 0.29) is 25.7 Å². The molecule has 0 radical (unpaired) electrons. The molecule has 0 bridgehead atoms. The lowest BCUT2D eigenvalue weighted by Gasteiger charge is -2.41. The Morgan fingerprint density at radius 2 is 1.90 bits per heavy atom. The maximum absolute atomic E-state index is 10.3. The van der Waals surface area contributed by atoms with E-state index in [1.54, 1.807) is 0 Å². The first kappa shape index (κ1) is 21.3. The Morgan fingerprint density at radius 3 is 2.67 bits per heavy atom. The molecule has 1 fully saturated rings. The molecule has 2 aliphatic rings. The highest BCUT2D eigenvalue weighted by Gasteiger charge is 2.41. The molecule has 0 aliphatic carbocycles. The second kappa shape index (κ2) is 9.06. The minimum Gasteiger partial charge on any atom is -0.493 e. The SMILES string of the molecule is CCc1ccc(C2CC(O)CC(CO)(CO)O2)cc1Cc1ccc2c(c1)CCCO2. The molecule has 2 atom stereocenters. The van der Waals surface area contributed by atoms with E-state index in [0.29, 0.717) is 6.42 Å². The molecule has 1 saturated heterocycles. The van der Waals surface area contributed by atoms with E-state index >= 15 is 0 Å². The topological polar surface area (TPSA) is 79.2 Å². The Hall–Kier alpha value is -1.92. The van der Waals surface area contributed by atoms with Crippen molar-refractivity contribution in [3.63, 3.8) is 0 Å². The van der Waals surface area contributed by atoms with E-state index in [1.165, 1.54) is 22.3 Å². The van der Waals surface area contributed by atoms with Crippen molar-refractivity contribution in [2.24, 2.45) is 0 Å². The first-order chi connectivity index (χ1) is 14.6. The summed E-state index contributed by atoms with van der Waals surface area (Å²) in [6, 6.07) is 12.8. The Bertz CT molecular complexity index is 874. The average Bonchev–Trinajstić information content (AvgIpc) is 2.78. The van der Waals surface area contributed by atoms with E-state index in [9.17, 15) is 15.3 Å². The molecule has 2 heterocycles. The third kappa shape index (κ3) is 4.40. The molecule has 4 rings (SSSR count). The Kier molecular flexibility index (Phi) is 6.44. The molecule has 0 spiro atoms. The highest BCUT2D eigenvalue weighted by Crippen LogP contribution is 2.38. The Balaban J connectivity index is 1.61. The van der Waals surface area contributed by atoms with Gasteiger partial charge in [-0.15, -0.1) is 0 Å². The fourth-order valence-electron chi connectivity index (χ4n) is 4.71. The van der Waals surface area contributed by atoms with Gasteiger partial charge < -0.3 is 24.8 Å². The number of aliphatic hydroxyl groups is 3. The molecule has 2 aromatic rings. The molecule has 5 nitrogen and oxygen atoms in total. The summed E-state index contributed by atoms with van der Waals surface area (Å²) >= 11 is 0. The summed E-state index contributed by atoms with van der Waals surface area (Å²) in [6.45, 7) is 2.33. The predicted molar refractivity (Wildman–Crippen MR) is 115 cm³/mol. The molecule has 3 N–H and O–H groups in total. The number of aryl methyl sites for hydroxylation is 2. The molecule has 0 amide bonds. The molecular weight excluding hydrogens is 380 g/mol. The van der Waals surface area contributed by atoms with Gasteiger partial charge in [-0.05, 0) is 59.6 Å². The van der Waals surface area contributed by atoms with Gasteiger partial charge in [-0.1, -0.05) is 37.3 Å². The molecule has 5 heteroatoms. The standard InChI is InChI=1S/C25H32O5/c1-2-18-6-7-20(24-13-22(28)14-25(15-26,16-27)30-24)12-21(18)11-17-5-8-23-19(10-17)4-3-9-29-23/h5-8,10,12,22,24,26-28H,2-4,9,11,13-16H2,1H3. The summed E-state index contributed by atoms with van der Waals surface area (Å²) in [6.07, 6.45) is 3.62. The van der Waals surface area contributed by atoms with Gasteiger partial charge in [0.1, 0.15) is 11.4 Å². The zero-order chi connectivity index (χ0) is 21.1. The van der Waals surface area contributed by atoms with Crippen LogP contribution in [0, 0.1) is 0 Å². The van der Waals surface area contributed by atoms with Crippen LogP contribution in [0.1, 0.15) is 60.1 Å². The first-order valence-electron chi connectivity index (χ1n) is 11.0. The van der Waals surface area contributed by atoms with Gasteiger partial charge in [0, 0.05) is 12.8 Å². The second-order valence-electron chi connectivity index (χ2n) is 8.65. The molecule has 2 aromatic carbocycles. The summed E-state index contributed by atoms with van der Waals surface area (Å²) < 4.78 is 11.8. The maximum atomic E-state index is 10.3. The normalized spacial score (nSPS) is 22.9. The number of benzene rings is 2. The van der Waals surface area contributed by atoms with Crippen molar-refractivity contribution in [3.8, 4) is 5.75 Å². The summed E-state index contributed by atoms with van der Waals surface area (Å²) in [5, 5.41) is 29.8. The fraction of sp³-hybridized carbons (Fsp3) is 0.520. The molecule has 0 saturated carbocycles. The Morgan fingerprint density at radius 1 is 1.07 bits per heavy atom. The smallest absolute Gasteiger partial charge is 0.122 e. The van der Waals surface area contributed by atoms with E-state index in [4.69, 9.17) is 9.47 Å². The molecule has 0 aromatic heterocycles. The van der Waals surface area contributed by atoms with Crippen LogP contribution in [0.15, 0.2) is 36.4 Å². The number of aliphatic hydroxyl groups excluding tert-OH is 3. The molecule has 2 aliphatic heterocycles. The van der Waals surface area contributed by atoms with Crippen LogP contribution < -0.4 is 4.74 Å². The predicted octanol–water partition coefficient (Wildman–Crippen LogP) is 3.10. The van der Waals surface area contributed by atoms with Crippen molar-refractivity contribution in [2.75, 3.05) is 19.8 Å². The first-order valence-corrected chi connectivity index (χ1v) is 11.0. The lowest BCUT2D eigenvalue weighted by Crippen LogP contribution is -2.48. The number of ether oxygens (including phenoxy) is 2. The molecule has 30 heavy (non-hydrogen) atoms. The minimum atomic E-state index is -1.09. The van der Waals surface area contributed by atoms with Gasteiger partial charge in [0.2, 0.25) is 0 Å². The monoisotopic (exact) mass is 412 g/mol. The van der Waals surface area contributed by atoms with Crippen LogP contribution in [0.25, 0.3) is 0 Å². The lowest BCUT2D eigenvalue weighted by atomic mass is 9.86. The van der Waals surface area contributed by atoms with Crippen molar-refractivity contribution in [2.45, 2.75) is 63.3 Å². The summed E-state index contributed by atoms with van der Waals surface area (Å²) in [5.74, 6) is 1.00. The van der Waals surface area contributed by atoms with Gasteiger partial charge in [-0.3, -0.25) is 0 Å². The van der Waals surface area contributed by atoms with Crippen LogP contribution in [0.3, 0.4) is 0 Å². The van der Waals surface area contributed by atoms with Gasteiger partial charge in [-0.2, -0.15) is 0 Å². The third-order valence-electron chi connectivity index (χ3n) is 6.41. The van der Waals surface area contributed by atoms with Gasteiger partial charge in [0.25, 0.3) is 0 Å². The highest BCUT2D eigenvalue weighted by molar-refractivity contribution is 5.42. The second-order valence-corrected chi connectivity index (χ2v) is 8.65. The summed E-state index contributed by atoms with van der Waals surface area (Å²) in [7, 11) is 0. The van der Waals surface area contributed by atoms with E-state index in [0.717, 1.165) is 43.6 Å². The quantitative estimate of drug-likeness (QED) is 0.680. The summed E-state index contributed by atoms with van der Waals surface area (Å²) in [4.78, 5) is 0. The maximum Gasteiger partial charge on any atom is 0.122 e. The van der Waals surface area contributed by atoms with Gasteiger partial charge >= 0.3 is 0 Å². The van der Waals surface area contributed by atoms with Crippen molar-refractivity contribution in [1.82, 2.24) is 0 Å². The third-order valence-corrected chi connectivity index (χ3v) is 6.41. The zero-order valence-corrected chi connectivity index (χ0v) is 17.6. The molecular formula is C25H32O5. The molecule has 162 valence electrons. The number of hydrogen-bond donors (Lipinski definition) is 3. The minimum absolute atomic E-state index is 0.244.